The molecule has 0 aliphatic rings. The van der Waals surface area contributed by atoms with Gasteiger partial charge in [-0.25, -0.2) is 0 Å². The monoisotopic (exact) mass is 197 g/mol. The van der Waals surface area contributed by atoms with E-state index in [1.807, 2.05) is 0 Å². The summed E-state index contributed by atoms with van der Waals surface area (Å²) in [6.07, 6.45) is -2.26. The van der Waals surface area contributed by atoms with Gasteiger partial charge in [0, 0.05) is 6.07 Å². The van der Waals surface area contributed by atoms with Gasteiger partial charge in [-0.05, 0) is 13.0 Å². The number of aliphatic hydroxyl groups is 2. The van der Waals surface area contributed by atoms with Gasteiger partial charge in [-0.2, -0.15) is 0 Å². The van der Waals surface area contributed by atoms with Crippen LogP contribution in [0.2, 0.25) is 0 Å². The fourth-order valence-electron chi connectivity index (χ4n) is 1.16. The summed E-state index contributed by atoms with van der Waals surface area (Å²) >= 11 is 0. The molecule has 0 heterocycles. The molecule has 2 N–H and O–H groups in total. The number of hydrogen-bond acceptors (Lipinski definition) is 4. The van der Waals surface area contributed by atoms with Crippen LogP contribution >= 0.6 is 0 Å². The maximum absolute atomic E-state index is 10.6. The number of aliphatic hydroxyl groups excluding tert-OH is 2. The quantitative estimate of drug-likeness (QED) is 0.559. The van der Waals surface area contributed by atoms with Gasteiger partial charge in [0.05, 0.1) is 16.6 Å². The maximum atomic E-state index is 10.6. The Labute approximate surface area is 80.8 Å². The second-order valence-corrected chi connectivity index (χ2v) is 3.00. The van der Waals surface area contributed by atoms with Crippen molar-refractivity contribution in [3.05, 3.63) is 39.9 Å². The molecular formula is C9H11NO4. The number of benzene rings is 1. The standard InChI is InChI=1S/C9H11NO4/c1-6(11)9(12)7-4-2-3-5-8(7)10(13)14/h2-6,9,11-12H,1H3. The third kappa shape index (κ3) is 2.07. The van der Waals surface area contributed by atoms with Gasteiger partial charge < -0.3 is 10.2 Å². The van der Waals surface area contributed by atoms with E-state index in [1.165, 1.54) is 25.1 Å². The zero-order valence-corrected chi connectivity index (χ0v) is 7.62. The summed E-state index contributed by atoms with van der Waals surface area (Å²) in [6, 6.07) is 5.81. The largest absolute Gasteiger partial charge is 0.390 e. The molecule has 5 nitrogen and oxygen atoms in total. The van der Waals surface area contributed by atoms with Crippen molar-refractivity contribution in [1.29, 1.82) is 0 Å². The van der Waals surface area contributed by atoms with Crippen molar-refractivity contribution >= 4 is 5.69 Å². The Morgan fingerprint density at radius 1 is 1.36 bits per heavy atom. The molecule has 0 aliphatic carbocycles. The van der Waals surface area contributed by atoms with Crippen molar-refractivity contribution in [2.24, 2.45) is 0 Å². The normalized spacial score (nSPS) is 14.8. The number of hydrogen-bond donors (Lipinski definition) is 2. The average molecular weight is 197 g/mol. The van der Waals surface area contributed by atoms with Gasteiger partial charge in [0.25, 0.3) is 5.69 Å². The molecule has 0 spiro atoms. The fraction of sp³-hybridized carbons (Fsp3) is 0.333. The first-order chi connectivity index (χ1) is 6.54. The molecule has 0 aliphatic heterocycles. The molecule has 0 fully saturated rings. The van der Waals surface area contributed by atoms with Crippen molar-refractivity contribution in [2.75, 3.05) is 0 Å². The van der Waals surface area contributed by atoms with Crippen molar-refractivity contribution in [1.82, 2.24) is 0 Å². The number of nitrogens with zero attached hydrogens (tertiary/aromatic N) is 1. The zero-order valence-electron chi connectivity index (χ0n) is 7.62. The third-order valence-corrected chi connectivity index (χ3v) is 1.91. The molecule has 0 radical (unpaired) electrons. The Morgan fingerprint density at radius 3 is 2.43 bits per heavy atom. The molecule has 0 saturated carbocycles. The van der Waals surface area contributed by atoms with Gasteiger partial charge in [0.15, 0.2) is 0 Å². The summed E-state index contributed by atoms with van der Waals surface area (Å²) in [6.45, 7) is 1.38. The zero-order chi connectivity index (χ0) is 10.7. The minimum absolute atomic E-state index is 0.132. The molecule has 0 aromatic heterocycles. The van der Waals surface area contributed by atoms with Crippen LogP contribution < -0.4 is 0 Å². The molecule has 2 unspecified atom stereocenters. The van der Waals surface area contributed by atoms with Crippen molar-refractivity contribution in [3.63, 3.8) is 0 Å². The predicted molar refractivity (Wildman–Crippen MR) is 49.7 cm³/mol. The summed E-state index contributed by atoms with van der Waals surface area (Å²) in [4.78, 5) is 9.98. The lowest BCUT2D eigenvalue weighted by molar-refractivity contribution is -0.386. The number of nitro groups is 1. The minimum Gasteiger partial charge on any atom is -0.390 e. The molecule has 0 amide bonds. The van der Waals surface area contributed by atoms with E-state index >= 15 is 0 Å². The summed E-state index contributed by atoms with van der Waals surface area (Å²) < 4.78 is 0. The van der Waals surface area contributed by atoms with Crippen molar-refractivity contribution < 1.29 is 15.1 Å². The molecule has 5 heteroatoms. The second kappa shape index (κ2) is 4.17. The van der Waals surface area contributed by atoms with Crippen LogP contribution in [0.1, 0.15) is 18.6 Å². The van der Waals surface area contributed by atoms with E-state index in [2.05, 4.69) is 0 Å². The summed E-state index contributed by atoms with van der Waals surface area (Å²) in [5, 5.41) is 29.1. The van der Waals surface area contributed by atoms with Gasteiger partial charge in [0.1, 0.15) is 6.10 Å². The van der Waals surface area contributed by atoms with Crippen LogP contribution in [0.4, 0.5) is 5.69 Å². The second-order valence-electron chi connectivity index (χ2n) is 3.00. The molecule has 1 aromatic rings. The Hall–Kier alpha value is -1.46. The van der Waals surface area contributed by atoms with E-state index in [4.69, 9.17) is 5.11 Å². The van der Waals surface area contributed by atoms with E-state index in [1.54, 1.807) is 6.07 Å². The number of para-hydroxylation sites is 1. The van der Waals surface area contributed by atoms with E-state index in [0.717, 1.165) is 0 Å². The lowest BCUT2D eigenvalue weighted by Crippen LogP contribution is -2.15. The predicted octanol–water partition coefficient (Wildman–Crippen LogP) is 1.01. The molecule has 0 saturated heterocycles. The summed E-state index contributed by atoms with van der Waals surface area (Å²) in [7, 11) is 0. The van der Waals surface area contributed by atoms with Crippen LogP contribution in [-0.2, 0) is 0 Å². The van der Waals surface area contributed by atoms with E-state index < -0.39 is 17.1 Å². The van der Waals surface area contributed by atoms with E-state index in [9.17, 15) is 15.2 Å². The Kier molecular flexibility index (Phi) is 3.16. The maximum Gasteiger partial charge on any atom is 0.275 e. The van der Waals surface area contributed by atoms with Crippen LogP contribution in [0.15, 0.2) is 24.3 Å². The molecule has 2 atom stereocenters. The number of nitro benzene ring substituents is 1. The van der Waals surface area contributed by atoms with Gasteiger partial charge >= 0.3 is 0 Å². The molecule has 0 bridgehead atoms. The van der Waals surface area contributed by atoms with Crippen LogP contribution in [0.3, 0.4) is 0 Å². The average Bonchev–Trinajstić information content (AvgIpc) is 2.16. The van der Waals surface area contributed by atoms with Gasteiger partial charge in [0.2, 0.25) is 0 Å². The van der Waals surface area contributed by atoms with Gasteiger partial charge in [-0.15, -0.1) is 0 Å². The smallest absolute Gasteiger partial charge is 0.275 e. The van der Waals surface area contributed by atoms with E-state index in [-0.39, 0.29) is 11.3 Å². The number of rotatable bonds is 3. The summed E-state index contributed by atoms with van der Waals surface area (Å²) in [5.74, 6) is 0. The Bertz CT molecular complexity index is 337. The first kappa shape index (κ1) is 10.6. The van der Waals surface area contributed by atoms with Crippen LogP contribution in [0, 0.1) is 10.1 Å². The van der Waals surface area contributed by atoms with Crippen molar-refractivity contribution in [2.45, 2.75) is 19.1 Å². The van der Waals surface area contributed by atoms with E-state index in [0.29, 0.717) is 0 Å². The summed E-state index contributed by atoms with van der Waals surface area (Å²) in [5.41, 5.74) is -0.0478. The first-order valence-electron chi connectivity index (χ1n) is 4.13. The van der Waals surface area contributed by atoms with Crippen LogP contribution in [-0.4, -0.2) is 21.2 Å². The SMILES string of the molecule is CC(O)C(O)c1ccccc1[N+](=O)[O-]. The van der Waals surface area contributed by atoms with Crippen molar-refractivity contribution in [3.8, 4) is 0 Å². The highest BCUT2D eigenvalue weighted by Gasteiger charge is 2.22. The highest BCUT2D eigenvalue weighted by Crippen LogP contribution is 2.26. The highest BCUT2D eigenvalue weighted by molar-refractivity contribution is 5.41. The Morgan fingerprint density at radius 2 is 1.93 bits per heavy atom. The molecular weight excluding hydrogens is 186 g/mol. The fourth-order valence-corrected chi connectivity index (χ4v) is 1.16. The van der Waals surface area contributed by atoms with Crippen LogP contribution in [0.25, 0.3) is 0 Å². The van der Waals surface area contributed by atoms with Gasteiger partial charge in [-0.3, -0.25) is 10.1 Å². The highest BCUT2D eigenvalue weighted by atomic mass is 16.6. The lowest BCUT2D eigenvalue weighted by atomic mass is 10.0. The molecule has 76 valence electrons. The minimum atomic E-state index is -1.23. The lowest BCUT2D eigenvalue weighted by Gasteiger charge is -2.13. The van der Waals surface area contributed by atoms with Crippen LogP contribution in [0.5, 0.6) is 0 Å². The molecule has 1 aromatic carbocycles. The van der Waals surface area contributed by atoms with Gasteiger partial charge in [-0.1, -0.05) is 12.1 Å². The Balaban J connectivity index is 3.13. The molecule has 14 heavy (non-hydrogen) atoms. The third-order valence-electron chi connectivity index (χ3n) is 1.91. The molecule has 1 rings (SSSR count). The topological polar surface area (TPSA) is 83.6 Å². The first-order valence-corrected chi connectivity index (χ1v) is 4.13.